The maximum absolute atomic E-state index is 14.0. The van der Waals surface area contributed by atoms with Crippen LogP contribution in [0.3, 0.4) is 0 Å². The fourth-order valence-corrected chi connectivity index (χ4v) is 4.40. The molecule has 37 heavy (non-hydrogen) atoms. The molecule has 1 aliphatic heterocycles. The minimum absolute atomic E-state index is 0.0196. The predicted octanol–water partition coefficient (Wildman–Crippen LogP) is 3.35. The average molecular weight is 513 g/mol. The lowest BCUT2D eigenvalue weighted by Crippen LogP contribution is -2.47. The Hall–Kier alpha value is -3.01. The number of rotatable bonds is 6. The van der Waals surface area contributed by atoms with Crippen LogP contribution in [0.2, 0.25) is 0 Å². The van der Waals surface area contributed by atoms with Gasteiger partial charge in [0, 0.05) is 49.3 Å². The highest BCUT2D eigenvalue weighted by molar-refractivity contribution is 6.05. The van der Waals surface area contributed by atoms with E-state index in [1.54, 1.807) is 47.6 Å². The average Bonchev–Trinajstić information content (AvgIpc) is 2.90. The molecule has 3 rings (SSSR count). The molecule has 9 nitrogen and oxygen atoms in total. The molecular weight excluding hydrogens is 472 g/mol. The Morgan fingerprint density at radius 2 is 1.97 bits per heavy atom. The van der Waals surface area contributed by atoms with Crippen LogP contribution in [-0.2, 0) is 4.74 Å². The third kappa shape index (κ3) is 7.99. The molecule has 2 heterocycles. The molecule has 1 aromatic carbocycles. The summed E-state index contributed by atoms with van der Waals surface area (Å²) in [6, 6.07) is 7.95. The molecule has 0 unspecified atom stereocenters. The third-order valence-corrected chi connectivity index (χ3v) is 6.66. The van der Waals surface area contributed by atoms with E-state index in [1.165, 1.54) is 0 Å². The number of aromatic nitrogens is 1. The number of aliphatic hydroxyl groups is 1. The zero-order valence-corrected chi connectivity index (χ0v) is 22.3. The van der Waals surface area contributed by atoms with Crippen molar-refractivity contribution in [2.45, 2.75) is 58.3 Å². The van der Waals surface area contributed by atoms with Crippen molar-refractivity contribution in [3.63, 3.8) is 0 Å². The Balaban J connectivity index is 1.97. The molecule has 0 spiro atoms. The molecule has 0 aliphatic carbocycles. The minimum Gasteiger partial charge on any atom is -0.490 e. The number of likely N-dealkylation sites (N-methyl/N-ethyl adjacent to an activating group) is 1. The van der Waals surface area contributed by atoms with Crippen molar-refractivity contribution in [2.75, 3.05) is 38.7 Å². The topological polar surface area (TPSA) is 113 Å². The van der Waals surface area contributed by atoms with Crippen LogP contribution in [0.1, 0.15) is 60.7 Å². The number of hydrogen-bond acceptors (Lipinski definition) is 7. The molecule has 2 aromatic rings. The van der Waals surface area contributed by atoms with Gasteiger partial charge < -0.3 is 30.1 Å². The smallest absolute Gasteiger partial charge is 0.258 e. The van der Waals surface area contributed by atoms with Gasteiger partial charge in [-0.15, -0.1) is 0 Å². The molecular formula is C28H40N4O5. The first-order valence-corrected chi connectivity index (χ1v) is 13.0. The highest BCUT2D eigenvalue weighted by Crippen LogP contribution is 2.28. The number of carbonyl (C=O) groups excluding carboxylic acids is 2. The number of anilines is 1. The number of aliphatic hydroxyl groups excluding tert-OH is 1. The summed E-state index contributed by atoms with van der Waals surface area (Å²) < 4.78 is 12.4. The van der Waals surface area contributed by atoms with Gasteiger partial charge in [-0.05, 0) is 70.5 Å². The van der Waals surface area contributed by atoms with Crippen LogP contribution >= 0.6 is 0 Å². The van der Waals surface area contributed by atoms with Gasteiger partial charge in [-0.2, -0.15) is 0 Å². The van der Waals surface area contributed by atoms with Crippen molar-refractivity contribution in [1.29, 1.82) is 0 Å². The monoisotopic (exact) mass is 512 g/mol. The Morgan fingerprint density at radius 3 is 2.68 bits per heavy atom. The number of hydrogen-bond donors (Lipinski definition) is 3. The van der Waals surface area contributed by atoms with Gasteiger partial charge in [0.05, 0.1) is 30.4 Å². The first-order valence-electron chi connectivity index (χ1n) is 13.0. The van der Waals surface area contributed by atoms with Crippen LogP contribution in [0, 0.1) is 5.92 Å². The number of pyridine rings is 1. The highest BCUT2D eigenvalue weighted by atomic mass is 16.5. The summed E-state index contributed by atoms with van der Waals surface area (Å²) in [4.78, 5) is 32.3. The van der Waals surface area contributed by atoms with E-state index in [-0.39, 0.29) is 36.5 Å². The molecule has 4 atom stereocenters. The minimum atomic E-state index is -0.418. The summed E-state index contributed by atoms with van der Waals surface area (Å²) in [5.41, 5.74) is 1.29. The van der Waals surface area contributed by atoms with Gasteiger partial charge in [-0.3, -0.25) is 14.6 Å². The van der Waals surface area contributed by atoms with Gasteiger partial charge in [-0.1, -0.05) is 6.92 Å². The summed E-state index contributed by atoms with van der Waals surface area (Å²) in [5, 5.41) is 16.0. The van der Waals surface area contributed by atoms with Crippen molar-refractivity contribution < 1.29 is 24.2 Å². The van der Waals surface area contributed by atoms with Crippen LogP contribution in [0.5, 0.6) is 5.75 Å². The van der Waals surface area contributed by atoms with Crippen LogP contribution in [0.4, 0.5) is 5.69 Å². The normalized spacial score (nSPS) is 22.4. The lowest BCUT2D eigenvalue weighted by atomic mass is 10.0. The summed E-state index contributed by atoms with van der Waals surface area (Å²) in [7, 11) is 1.89. The zero-order valence-electron chi connectivity index (χ0n) is 22.3. The van der Waals surface area contributed by atoms with E-state index >= 15 is 0 Å². The van der Waals surface area contributed by atoms with E-state index in [0.29, 0.717) is 42.3 Å². The van der Waals surface area contributed by atoms with E-state index in [9.17, 15) is 14.7 Å². The number of benzene rings is 1. The van der Waals surface area contributed by atoms with Crippen molar-refractivity contribution >= 4 is 17.5 Å². The first kappa shape index (κ1) is 28.6. The summed E-state index contributed by atoms with van der Waals surface area (Å²) in [6.07, 6.45) is 5.60. The number of amides is 2. The number of ether oxygens (including phenoxy) is 2. The Labute approximate surface area is 219 Å². The molecule has 2 amide bonds. The fourth-order valence-electron chi connectivity index (χ4n) is 4.40. The van der Waals surface area contributed by atoms with Gasteiger partial charge in [0.15, 0.2) is 0 Å². The first-order chi connectivity index (χ1) is 17.8. The predicted molar refractivity (Wildman–Crippen MR) is 143 cm³/mol. The van der Waals surface area contributed by atoms with Gasteiger partial charge >= 0.3 is 0 Å². The van der Waals surface area contributed by atoms with Crippen molar-refractivity contribution in [3.05, 3.63) is 53.9 Å². The second-order valence-electron chi connectivity index (χ2n) is 9.76. The molecule has 3 N–H and O–H groups in total. The molecule has 1 aliphatic rings. The summed E-state index contributed by atoms with van der Waals surface area (Å²) >= 11 is 0. The van der Waals surface area contributed by atoms with Crippen LogP contribution < -0.4 is 15.4 Å². The number of nitrogens with one attached hydrogen (secondary N) is 2. The van der Waals surface area contributed by atoms with Crippen molar-refractivity contribution in [3.8, 4) is 5.75 Å². The van der Waals surface area contributed by atoms with Crippen LogP contribution in [-0.4, -0.2) is 78.4 Å². The van der Waals surface area contributed by atoms with Gasteiger partial charge in [0.2, 0.25) is 0 Å². The molecule has 9 heteroatoms. The maximum atomic E-state index is 14.0. The van der Waals surface area contributed by atoms with E-state index in [0.717, 1.165) is 19.3 Å². The zero-order chi connectivity index (χ0) is 26.8. The number of carbonyl (C=O) groups is 2. The summed E-state index contributed by atoms with van der Waals surface area (Å²) in [6.45, 7) is 7.39. The molecule has 1 aromatic heterocycles. The standard InChI is InChI=1S/C28H40N4O5/c1-19-17-32(20(2)18-33)28(35)24-15-23(31-27(34)22-10-12-30-13-11-22)8-9-25(24)37-21(3)7-5-6-14-36-26(19)16-29-4/h8-13,15,19-21,26,29,33H,5-7,14,16-18H2,1-4H3,(H,31,34)/t19-,20-,21-,26-/m1/s1. The molecule has 0 bridgehead atoms. The summed E-state index contributed by atoms with van der Waals surface area (Å²) in [5.74, 6) is -0.0874. The second-order valence-corrected chi connectivity index (χ2v) is 9.76. The van der Waals surface area contributed by atoms with E-state index in [1.807, 2.05) is 20.9 Å². The highest BCUT2D eigenvalue weighted by Gasteiger charge is 2.29. The lowest BCUT2D eigenvalue weighted by Gasteiger charge is -2.34. The Bertz CT molecular complexity index is 1020. The molecule has 0 radical (unpaired) electrons. The SMILES string of the molecule is CNC[C@H]1OCCCC[C@@H](C)Oc2ccc(NC(=O)c3ccncc3)cc2C(=O)N([C@H](C)CO)C[C@H]1C. The Kier molecular flexibility index (Phi) is 10.9. The molecule has 202 valence electrons. The number of nitrogens with zero attached hydrogens (tertiary/aromatic N) is 2. The fraction of sp³-hybridized carbons (Fsp3) is 0.536. The van der Waals surface area contributed by atoms with Crippen molar-refractivity contribution in [1.82, 2.24) is 15.2 Å². The maximum Gasteiger partial charge on any atom is 0.258 e. The number of fused-ring (bicyclic) bond motifs is 1. The molecule has 0 saturated carbocycles. The van der Waals surface area contributed by atoms with Gasteiger partial charge in [-0.25, -0.2) is 0 Å². The van der Waals surface area contributed by atoms with E-state index in [4.69, 9.17) is 9.47 Å². The van der Waals surface area contributed by atoms with Crippen LogP contribution in [0.25, 0.3) is 0 Å². The van der Waals surface area contributed by atoms with E-state index < -0.39 is 6.04 Å². The van der Waals surface area contributed by atoms with Crippen molar-refractivity contribution in [2.24, 2.45) is 5.92 Å². The lowest BCUT2D eigenvalue weighted by molar-refractivity contribution is -0.000452. The molecule has 0 saturated heterocycles. The van der Waals surface area contributed by atoms with Gasteiger partial charge in [0.25, 0.3) is 11.8 Å². The second kappa shape index (κ2) is 14.1. The Morgan fingerprint density at radius 1 is 1.22 bits per heavy atom. The molecule has 0 fully saturated rings. The largest absolute Gasteiger partial charge is 0.490 e. The van der Waals surface area contributed by atoms with E-state index in [2.05, 4.69) is 22.5 Å². The van der Waals surface area contributed by atoms with Crippen LogP contribution in [0.15, 0.2) is 42.7 Å². The quantitative estimate of drug-likeness (QED) is 0.544. The van der Waals surface area contributed by atoms with Gasteiger partial charge in [0.1, 0.15) is 5.75 Å². The third-order valence-electron chi connectivity index (χ3n) is 6.66.